The molecule has 0 saturated heterocycles. The molecular formula is C15H18N2O. The second kappa shape index (κ2) is 3.29. The third kappa shape index (κ3) is 1.40. The van der Waals surface area contributed by atoms with Crippen molar-refractivity contribution < 1.29 is 4.74 Å². The molecule has 94 valence electrons. The Balaban J connectivity index is 1.96. The van der Waals surface area contributed by atoms with Gasteiger partial charge in [0.15, 0.2) is 0 Å². The Kier molecular flexibility index (Phi) is 1.91. The van der Waals surface area contributed by atoms with Gasteiger partial charge in [0.1, 0.15) is 5.75 Å². The van der Waals surface area contributed by atoms with Gasteiger partial charge in [-0.1, -0.05) is 0 Å². The van der Waals surface area contributed by atoms with Crippen LogP contribution in [0.25, 0.3) is 10.9 Å². The summed E-state index contributed by atoms with van der Waals surface area (Å²) in [4.78, 5) is 0. The monoisotopic (exact) mass is 242 g/mol. The molecular weight excluding hydrogens is 224 g/mol. The molecule has 1 aromatic carbocycles. The number of nitrogens with two attached hydrogens (primary N) is 1. The summed E-state index contributed by atoms with van der Waals surface area (Å²) >= 11 is 0. The third-order valence-corrected chi connectivity index (χ3v) is 4.26. The predicted octanol–water partition coefficient (Wildman–Crippen LogP) is 2.93. The first-order chi connectivity index (χ1) is 8.71. The second-order valence-electron chi connectivity index (χ2n) is 5.71. The Labute approximate surface area is 107 Å². The first-order valence-corrected chi connectivity index (χ1v) is 6.70. The van der Waals surface area contributed by atoms with E-state index in [9.17, 15) is 0 Å². The quantitative estimate of drug-likeness (QED) is 0.899. The van der Waals surface area contributed by atoms with E-state index in [1.807, 2.05) is 6.07 Å². The first kappa shape index (κ1) is 10.4. The number of aromatic nitrogens is 1. The Morgan fingerprint density at radius 2 is 2.06 bits per heavy atom. The van der Waals surface area contributed by atoms with E-state index in [-0.39, 0.29) is 5.54 Å². The van der Waals surface area contributed by atoms with Crippen LogP contribution in [0.4, 0.5) is 0 Å². The molecule has 3 heteroatoms. The smallest absolute Gasteiger partial charge is 0.119 e. The number of hydrogen-bond acceptors (Lipinski definition) is 2. The fraction of sp³-hybridized carbons (Fsp3) is 0.467. The van der Waals surface area contributed by atoms with Gasteiger partial charge in [-0.05, 0) is 49.9 Å². The maximum atomic E-state index is 6.42. The first-order valence-electron chi connectivity index (χ1n) is 6.70. The Hall–Kier alpha value is -1.48. The summed E-state index contributed by atoms with van der Waals surface area (Å²) in [5, 5.41) is 1.26. The second-order valence-corrected chi connectivity index (χ2v) is 5.71. The van der Waals surface area contributed by atoms with E-state index >= 15 is 0 Å². The van der Waals surface area contributed by atoms with Gasteiger partial charge in [-0.2, -0.15) is 0 Å². The number of nitrogens with zero attached hydrogens (tertiary/aromatic N) is 1. The minimum atomic E-state index is -0.0607. The van der Waals surface area contributed by atoms with Gasteiger partial charge in [-0.25, -0.2) is 0 Å². The van der Waals surface area contributed by atoms with Crippen LogP contribution < -0.4 is 10.5 Å². The average molecular weight is 242 g/mol. The molecule has 0 atom stereocenters. The van der Waals surface area contributed by atoms with Crippen molar-refractivity contribution in [1.29, 1.82) is 0 Å². The van der Waals surface area contributed by atoms with E-state index in [1.54, 1.807) is 7.11 Å². The van der Waals surface area contributed by atoms with Crippen LogP contribution in [0.3, 0.4) is 0 Å². The van der Waals surface area contributed by atoms with Crippen molar-refractivity contribution in [2.75, 3.05) is 7.11 Å². The molecule has 0 amide bonds. The van der Waals surface area contributed by atoms with Crippen molar-refractivity contribution in [1.82, 2.24) is 4.57 Å². The van der Waals surface area contributed by atoms with Crippen molar-refractivity contribution in [2.24, 2.45) is 5.73 Å². The van der Waals surface area contributed by atoms with E-state index < -0.39 is 0 Å². The highest BCUT2D eigenvalue weighted by molar-refractivity contribution is 5.83. The molecule has 0 bridgehead atoms. The van der Waals surface area contributed by atoms with Crippen molar-refractivity contribution in [3.8, 4) is 5.75 Å². The van der Waals surface area contributed by atoms with E-state index in [4.69, 9.17) is 10.5 Å². The van der Waals surface area contributed by atoms with Crippen LogP contribution in [0, 0.1) is 0 Å². The third-order valence-electron chi connectivity index (χ3n) is 4.26. The van der Waals surface area contributed by atoms with Gasteiger partial charge >= 0.3 is 0 Å². The van der Waals surface area contributed by atoms with Gasteiger partial charge in [-0.3, -0.25) is 0 Å². The molecule has 2 aliphatic carbocycles. The number of hydrogen-bond donors (Lipinski definition) is 1. The number of methoxy groups -OCH3 is 1. The zero-order chi connectivity index (χ0) is 12.3. The molecule has 0 unspecified atom stereocenters. The lowest BCUT2D eigenvalue weighted by Crippen LogP contribution is -2.22. The summed E-state index contributed by atoms with van der Waals surface area (Å²) in [7, 11) is 1.71. The predicted molar refractivity (Wildman–Crippen MR) is 71.9 cm³/mol. The topological polar surface area (TPSA) is 40.2 Å². The van der Waals surface area contributed by atoms with Crippen LogP contribution in [-0.4, -0.2) is 11.7 Å². The molecule has 1 heterocycles. The van der Waals surface area contributed by atoms with Crippen LogP contribution in [0.5, 0.6) is 5.75 Å². The summed E-state index contributed by atoms with van der Waals surface area (Å²) in [6.07, 6.45) is 4.82. The molecule has 1 aromatic heterocycles. The maximum Gasteiger partial charge on any atom is 0.119 e. The van der Waals surface area contributed by atoms with Gasteiger partial charge in [0.2, 0.25) is 0 Å². The number of benzene rings is 1. The van der Waals surface area contributed by atoms with Crippen molar-refractivity contribution >= 4 is 10.9 Å². The molecule has 0 radical (unpaired) electrons. The van der Waals surface area contributed by atoms with Gasteiger partial charge in [0.25, 0.3) is 0 Å². The number of rotatable bonds is 3. The van der Waals surface area contributed by atoms with Crippen molar-refractivity contribution in [3.05, 3.63) is 30.0 Å². The van der Waals surface area contributed by atoms with Crippen LogP contribution in [-0.2, 0) is 5.54 Å². The lowest BCUT2D eigenvalue weighted by atomic mass is 10.2. The molecule has 18 heavy (non-hydrogen) atoms. The largest absolute Gasteiger partial charge is 0.497 e. The zero-order valence-corrected chi connectivity index (χ0v) is 10.6. The minimum Gasteiger partial charge on any atom is -0.497 e. The molecule has 2 aliphatic rings. The standard InChI is InChI=1S/C15H18N2O/c1-18-12-4-5-13-10(8-12)9-14(15(16)6-7-15)17(13)11-2-3-11/h4-5,8-9,11H,2-3,6-7,16H2,1H3. The zero-order valence-electron chi connectivity index (χ0n) is 10.6. The van der Waals surface area contributed by atoms with Crippen molar-refractivity contribution in [3.63, 3.8) is 0 Å². The average Bonchev–Trinajstić information content (AvgIpc) is 3.30. The highest BCUT2D eigenvalue weighted by Crippen LogP contribution is 2.49. The highest BCUT2D eigenvalue weighted by atomic mass is 16.5. The minimum absolute atomic E-state index is 0.0607. The lowest BCUT2D eigenvalue weighted by molar-refractivity contribution is 0.415. The maximum absolute atomic E-state index is 6.42. The van der Waals surface area contributed by atoms with Gasteiger partial charge < -0.3 is 15.0 Å². The molecule has 2 N–H and O–H groups in total. The Morgan fingerprint density at radius 3 is 2.67 bits per heavy atom. The van der Waals surface area contributed by atoms with Gasteiger partial charge in [-0.15, -0.1) is 0 Å². The lowest BCUT2D eigenvalue weighted by Gasteiger charge is -2.14. The fourth-order valence-electron chi connectivity index (χ4n) is 2.84. The summed E-state index contributed by atoms with van der Waals surface area (Å²) in [5.41, 5.74) is 8.99. The Morgan fingerprint density at radius 1 is 1.28 bits per heavy atom. The molecule has 2 fully saturated rings. The van der Waals surface area contributed by atoms with Crippen LogP contribution in [0.15, 0.2) is 24.3 Å². The van der Waals surface area contributed by atoms with E-state index in [2.05, 4.69) is 22.8 Å². The van der Waals surface area contributed by atoms with Crippen LogP contribution in [0.2, 0.25) is 0 Å². The number of fused-ring (bicyclic) bond motifs is 1. The summed E-state index contributed by atoms with van der Waals surface area (Å²) < 4.78 is 7.78. The molecule has 0 aliphatic heterocycles. The normalized spacial score (nSPS) is 21.2. The Bertz CT molecular complexity index is 621. The number of ether oxygens (including phenoxy) is 1. The van der Waals surface area contributed by atoms with Gasteiger partial charge in [0.05, 0.1) is 12.6 Å². The van der Waals surface area contributed by atoms with Crippen LogP contribution >= 0.6 is 0 Å². The molecule has 2 saturated carbocycles. The molecule has 3 nitrogen and oxygen atoms in total. The summed E-state index contributed by atoms with van der Waals surface area (Å²) in [6.45, 7) is 0. The van der Waals surface area contributed by atoms with E-state index in [1.165, 1.54) is 29.4 Å². The fourth-order valence-corrected chi connectivity index (χ4v) is 2.84. The summed E-state index contributed by atoms with van der Waals surface area (Å²) in [6, 6.07) is 9.27. The van der Waals surface area contributed by atoms with Gasteiger partial charge in [0, 0.05) is 22.6 Å². The molecule has 2 aromatic rings. The van der Waals surface area contributed by atoms with E-state index in [0.717, 1.165) is 18.6 Å². The highest BCUT2D eigenvalue weighted by Gasteiger charge is 2.44. The summed E-state index contributed by atoms with van der Waals surface area (Å²) in [5.74, 6) is 0.920. The molecule has 4 rings (SSSR count). The van der Waals surface area contributed by atoms with E-state index in [0.29, 0.717) is 6.04 Å². The molecule has 0 spiro atoms. The van der Waals surface area contributed by atoms with Crippen molar-refractivity contribution in [2.45, 2.75) is 37.3 Å². The SMILES string of the molecule is COc1ccc2c(c1)cc(C1(N)CC1)n2C1CC1. The van der Waals surface area contributed by atoms with Crippen LogP contribution in [0.1, 0.15) is 37.4 Å².